The summed E-state index contributed by atoms with van der Waals surface area (Å²) in [6, 6.07) is 9.20. The molecule has 0 bridgehead atoms. The van der Waals surface area contributed by atoms with Crippen molar-refractivity contribution in [1.29, 1.82) is 0 Å². The molecule has 146 valence electrons. The number of nitrogens with one attached hydrogen (secondary N) is 1. The number of aryl methyl sites for hydroxylation is 1. The number of ether oxygens (including phenoxy) is 1. The van der Waals surface area contributed by atoms with E-state index in [1.54, 1.807) is 32.0 Å². The van der Waals surface area contributed by atoms with Gasteiger partial charge in [-0.2, -0.15) is 4.31 Å². The summed E-state index contributed by atoms with van der Waals surface area (Å²) in [6.07, 6.45) is 0. The van der Waals surface area contributed by atoms with E-state index in [-0.39, 0.29) is 16.5 Å². The van der Waals surface area contributed by atoms with Gasteiger partial charge >= 0.3 is 0 Å². The van der Waals surface area contributed by atoms with Crippen LogP contribution in [-0.2, 0) is 14.8 Å². The Balaban J connectivity index is 2.12. The Bertz CT molecular complexity index is 948. The zero-order chi connectivity index (χ0) is 20.2. The summed E-state index contributed by atoms with van der Waals surface area (Å²) in [5.41, 5.74) is 1.35. The molecule has 1 N–H and O–H groups in total. The van der Waals surface area contributed by atoms with E-state index in [4.69, 9.17) is 27.9 Å². The molecule has 0 radical (unpaired) electrons. The first-order valence-electron chi connectivity index (χ1n) is 8.10. The van der Waals surface area contributed by atoms with Gasteiger partial charge in [-0.1, -0.05) is 23.2 Å². The minimum Gasteiger partial charge on any atom is -0.492 e. The molecule has 0 spiro atoms. The molecule has 0 aliphatic rings. The summed E-state index contributed by atoms with van der Waals surface area (Å²) in [7, 11) is -2.56. The number of hydrogen-bond acceptors (Lipinski definition) is 4. The highest BCUT2D eigenvalue weighted by Gasteiger charge is 2.24. The lowest BCUT2D eigenvalue weighted by Gasteiger charge is -2.18. The Morgan fingerprint density at radius 2 is 1.89 bits per heavy atom. The van der Waals surface area contributed by atoms with Gasteiger partial charge in [0.1, 0.15) is 5.75 Å². The Labute approximate surface area is 169 Å². The zero-order valence-electron chi connectivity index (χ0n) is 15.1. The minimum atomic E-state index is -3.89. The molecule has 0 atom stereocenters. The van der Waals surface area contributed by atoms with E-state index in [0.29, 0.717) is 23.1 Å². The van der Waals surface area contributed by atoms with Crippen molar-refractivity contribution in [2.45, 2.75) is 18.7 Å². The van der Waals surface area contributed by atoms with Crippen LogP contribution in [0.15, 0.2) is 41.3 Å². The normalized spacial score (nSPS) is 11.5. The molecule has 0 heterocycles. The Morgan fingerprint density at radius 3 is 2.48 bits per heavy atom. The molecule has 2 aromatic rings. The van der Waals surface area contributed by atoms with E-state index >= 15 is 0 Å². The summed E-state index contributed by atoms with van der Waals surface area (Å²) < 4.78 is 31.6. The van der Waals surface area contributed by atoms with Gasteiger partial charge in [0.25, 0.3) is 0 Å². The van der Waals surface area contributed by atoms with Gasteiger partial charge in [-0.25, -0.2) is 8.42 Å². The quantitative estimate of drug-likeness (QED) is 0.720. The summed E-state index contributed by atoms with van der Waals surface area (Å²) in [5, 5.41) is 3.42. The molecule has 27 heavy (non-hydrogen) atoms. The molecule has 0 aromatic heterocycles. The lowest BCUT2D eigenvalue weighted by Crippen LogP contribution is -2.35. The largest absolute Gasteiger partial charge is 0.492 e. The van der Waals surface area contributed by atoms with Crippen molar-refractivity contribution >= 4 is 44.8 Å². The summed E-state index contributed by atoms with van der Waals surface area (Å²) in [6.45, 7) is 3.66. The Hall–Kier alpha value is -1.80. The maximum absolute atomic E-state index is 12.7. The van der Waals surface area contributed by atoms with Gasteiger partial charge in [-0.3, -0.25) is 4.79 Å². The maximum atomic E-state index is 12.7. The fourth-order valence-corrected chi connectivity index (χ4v) is 4.02. The average molecular weight is 431 g/mol. The summed E-state index contributed by atoms with van der Waals surface area (Å²) in [4.78, 5) is 12.2. The number of anilines is 1. The van der Waals surface area contributed by atoms with Crippen molar-refractivity contribution in [3.63, 3.8) is 0 Å². The molecule has 0 saturated heterocycles. The molecule has 9 heteroatoms. The Kier molecular flexibility index (Phi) is 7.11. The predicted octanol–water partition coefficient (Wildman–Crippen LogP) is 3.96. The topological polar surface area (TPSA) is 75.7 Å². The highest BCUT2D eigenvalue weighted by molar-refractivity contribution is 7.89. The van der Waals surface area contributed by atoms with Crippen molar-refractivity contribution in [2.75, 3.05) is 25.5 Å². The number of nitrogens with zero attached hydrogens (tertiary/aromatic N) is 1. The van der Waals surface area contributed by atoms with E-state index in [1.807, 2.05) is 0 Å². The van der Waals surface area contributed by atoms with Crippen molar-refractivity contribution in [3.8, 4) is 5.75 Å². The van der Waals surface area contributed by atoms with Crippen LogP contribution < -0.4 is 10.1 Å². The SMILES string of the molecule is CCOc1ccc(S(=O)(=O)N(C)CC(=O)Nc2ccc(Cl)cc2C)cc1Cl. The van der Waals surface area contributed by atoms with Crippen LogP contribution in [0, 0.1) is 6.92 Å². The van der Waals surface area contributed by atoms with Gasteiger partial charge in [0.2, 0.25) is 15.9 Å². The van der Waals surface area contributed by atoms with Crippen LogP contribution in [-0.4, -0.2) is 38.8 Å². The minimum absolute atomic E-state index is 0.0195. The molecule has 0 unspecified atom stereocenters. The van der Waals surface area contributed by atoms with E-state index in [9.17, 15) is 13.2 Å². The lowest BCUT2D eigenvalue weighted by atomic mass is 10.2. The van der Waals surface area contributed by atoms with Crippen molar-refractivity contribution < 1.29 is 17.9 Å². The monoisotopic (exact) mass is 430 g/mol. The number of carbonyl (C=O) groups excluding carboxylic acids is 1. The molecule has 0 aliphatic carbocycles. The maximum Gasteiger partial charge on any atom is 0.243 e. The fraction of sp³-hybridized carbons (Fsp3) is 0.278. The second kappa shape index (κ2) is 8.93. The first-order valence-corrected chi connectivity index (χ1v) is 10.3. The number of amides is 1. The van der Waals surface area contributed by atoms with E-state index < -0.39 is 15.9 Å². The van der Waals surface area contributed by atoms with Gasteiger partial charge in [-0.15, -0.1) is 0 Å². The molecule has 2 rings (SSSR count). The van der Waals surface area contributed by atoms with Crippen LogP contribution in [0.3, 0.4) is 0 Å². The van der Waals surface area contributed by atoms with Crippen LogP contribution in [0.1, 0.15) is 12.5 Å². The third-order valence-corrected chi connectivity index (χ3v) is 6.07. The fourth-order valence-electron chi connectivity index (χ4n) is 2.34. The van der Waals surface area contributed by atoms with Crippen LogP contribution >= 0.6 is 23.2 Å². The number of sulfonamides is 1. The van der Waals surface area contributed by atoms with Gasteiger partial charge in [0, 0.05) is 17.8 Å². The lowest BCUT2D eigenvalue weighted by molar-refractivity contribution is -0.116. The van der Waals surface area contributed by atoms with Gasteiger partial charge in [0.05, 0.1) is 23.1 Å². The molecule has 0 saturated carbocycles. The second-order valence-corrected chi connectivity index (χ2v) is 8.68. The van der Waals surface area contributed by atoms with E-state index in [0.717, 1.165) is 9.87 Å². The van der Waals surface area contributed by atoms with Crippen LogP contribution in [0.2, 0.25) is 10.0 Å². The number of likely N-dealkylation sites (N-methyl/N-ethyl adjacent to an activating group) is 1. The molecule has 2 aromatic carbocycles. The van der Waals surface area contributed by atoms with Crippen LogP contribution in [0.5, 0.6) is 5.75 Å². The second-order valence-electron chi connectivity index (χ2n) is 5.79. The third kappa shape index (κ3) is 5.35. The standard InChI is InChI=1S/C18H20Cl2N2O4S/c1-4-26-17-8-6-14(10-15(17)20)27(24,25)22(3)11-18(23)21-16-7-5-13(19)9-12(16)2/h5-10H,4,11H2,1-3H3,(H,21,23). The highest BCUT2D eigenvalue weighted by atomic mass is 35.5. The molecular weight excluding hydrogens is 411 g/mol. The number of rotatable bonds is 7. The smallest absolute Gasteiger partial charge is 0.243 e. The van der Waals surface area contributed by atoms with E-state index in [2.05, 4.69) is 5.32 Å². The molecule has 1 amide bonds. The van der Waals surface area contributed by atoms with Crippen molar-refractivity contribution in [2.24, 2.45) is 0 Å². The van der Waals surface area contributed by atoms with Gasteiger partial charge in [0.15, 0.2) is 0 Å². The number of halogens is 2. The van der Waals surface area contributed by atoms with Gasteiger partial charge < -0.3 is 10.1 Å². The van der Waals surface area contributed by atoms with Crippen LogP contribution in [0.4, 0.5) is 5.69 Å². The Morgan fingerprint density at radius 1 is 1.19 bits per heavy atom. The van der Waals surface area contributed by atoms with Gasteiger partial charge in [-0.05, 0) is 55.8 Å². The molecular formula is C18H20Cl2N2O4S. The molecule has 0 aliphatic heterocycles. The number of hydrogen-bond donors (Lipinski definition) is 1. The third-order valence-electron chi connectivity index (χ3n) is 3.74. The molecule has 6 nitrogen and oxygen atoms in total. The zero-order valence-corrected chi connectivity index (χ0v) is 17.5. The van der Waals surface area contributed by atoms with Crippen LogP contribution in [0.25, 0.3) is 0 Å². The first-order chi connectivity index (χ1) is 12.6. The summed E-state index contributed by atoms with van der Waals surface area (Å²) >= 11 is 12.0. The first kappa shape index (κ1) is 21.5. The average Bonchev–Trinajstić information content (AvgIpc) is 2.59. The van der Waals surface area contributed by atoms with E-state index in [1.165, 1.54) is 25.2 Å². The van der Waals surface area contributed by atoms with Crippen molar-refractivity contribution in [1.82, 2.24) is 4.31 Å². The van der Waals surface area contributed by atoms with Crippen molar-refractivity contribution in [3.05, 3.63) is 52.0 Å². The molecule has 0 fully saturated rings. The highest BCUT2D eigenvalue weighted by Crippen LogP contribution is 2.28. The summed E-state index contributed by atoms with van der Waals surface area (Å²) in [5.74, 6) is -0.0692. The number of benzene rings is 2. The predicted molar refractivity (Wildman–Crippen MR) is 107 cm³/mol. The number of carbonyl (C=O) groups is 1.